The Kier molecular flexibility index (Phi) is 3.64. The summed E-state index contributed by atoms with van der Waals surface area (Å²) in [6.45, 7) is 2.63. The lowest BCUT2D eigenvalue weighted by molar-refractivity contribution is -0.125. The van der Waals surface area contributed by atoms with E-state index in [9.17, 15) is 9.59 Å². The molecule has 1 saturated heterocycles. The molecule has 126 valence electrons. The maximum atomic E-state index is 12.3. The number of hydrogen-bond donors (Lipinski definition) is 3. The van der Waals surface area contributed by atoms with Crippen molar-refractivity contribution in [2.24, 2.45) is 5.92 Å². The minimum atomic E-state index is -0.765. The molecule has 0 bridgehead atoms. The summed E-state index contributed by atoms with van der Waals surface area (Å²) in [6, 6.07) is 1.62. The van der Waals surface area contributed by atoms with E-state index >= 15 is 0 Å². The molecular weight excluding hydrogens is 326 g/mol. The summed E-state index contributed by atoms with van der Waals surface area (Å²) >= 11 is 1.60. The van der Waals surface area contributed by atoms with Gasteiger partial charge in [-0.25, -0.2) is 14.8 Å². The molecule has 7 nitrogen and oxygen atoms in total. The molecule has 2 atom stereocenters. The second-order valence-electron chi connectivity index (χ2n) is 6.33. The standard InChI is InChI=1S/C16H19N5O2S/c1-2-11-18-12(10-5-7-24-13(10)19-11)17-8-9-4-3-6-16(9)14(22)20-15(23)21-16/h5,7,9H,2-4,6,8H2,1H3,(H,17,18,19)(H2,20,21,22,23)/t9-,16-/m1/s1. The Morgan fingerprint density at radius 3 is 3.04 bits per heavy atom. The molecule has 3 N–H and O–H groups in total. The highest BCUT2D eigenvalue weighted by atomic mass is 32.1. The monoisotopic (exact) mass is 345 g/mol. The molecule has 2 aliphatic rings. The third kappa shape index (κ3) is 2.32. The number of rotatable bonds is 4. The van der Waals surface area contributed by atoms with Crippen LogP contribution in [0.4, 0.5) is 10.6 Å². The first kappa shape index (κ1) is 15.3. The van der Waals surface area contributed by atoms with E-state index in [1.54, 1.807) is 11.3 Å². The van der Waals surface area contributed by atoms with Crippen molar-refractivity contribution in [2.45, 2.75) is 38.1 Å². The van der Waals surface area contributed by atoms with Gasteiger partial charge in [0.2, 0.25) is 0 Å². The van der Waals surface area contributed by atoms with Gasteiger partial charge in [0.25, 0.3) is 5.91 Å². The Labute approximate surface area is 143 Å². The van der Waals surface area contributed by atoms with Crippen molar-refractivity contribution in [1.29, 1.82) is 0 Å². The molecule has 24 heavy (non-hydrogen) atoms. The highest BCUT2D eigenvalue weighted by molar-refractivity contribution is 7.16. The van der Waals surface area contributed by atoms with E-state index in [1.165, 1.54) is 0 Å². The van der Waals surface area contributed by atoms with Gasteiger partial charge >= 0.3 is 6.03 Å². The molecule has 2 aromatic heterocycles. The Morgan fingerprint density at radius 2 is 2.29 bits per heavy atom. The first-order chi connectivity index (χ1) is 11.6. The van der Waals surface area contributed by atoms with Gasteiger partial charge in [-0.1, -0.05) is 13.3 Å². The second kappa shape index (κ2) is 5.70. The van der Waals surface area contributed by atoms with Crippen LogP contribution in [0.1, 0.15) is 32.0 Å². The summed E-state index contributed by atoms with van der Waals surface area (Å²) in [5.74, 6) is 1.47. The van der Waals surface area contributed by atoms with Crippen LogP contribution >= 0.6 is 11.3 Å². The number of fused-ring (bicyclic) bond motifs is 1. The number of thiophene rings is 1. The van der Waals surface area contributed by atoms with Gasteiger partial charge in [0.1, 0.15) is 22.0 Å². The Hall–Kier alpha value is -2.22. The topological polar surface area (TPSA) is 96.0 Å². The van der Waals surface area contributed by atoms with Gasteiger partial charge in [0.05, 0.1) is 5.39 Å². The minimum absolute atomic E-state index is 0.0534. The van der Waals surface area contributed by atoms with Crippen LogP contribution in [-0.4, -0.2) is 34.0 Å². The molecule has 2 aromatic rings. The molecule has 2 fully saturated rings. The number of carbonyl (C=O) groups excluding carboxylic acids is 2. The van der Waals surface area contributed by atoms with Crippen molar-refractivity contribution in [3.05, 3.63) is 17.3 Å². The quantitative estimate of drug-likeness (QED) is 0.737. The number of nitrogens with one attached hydrogen (secondary N) is 3. The van der Waals surface area contributed by atoms with Gasteiger partial charge in [-0.3, -0.25) is 10.1 Å². The van der Waals surface area contributed by atoms with Crippen LogP contribution in [0.3, 0.4) is 0 Å². The van der Waals surface area contributed by atoms with E-state index < -0.39 is 5.54 Å². The second-order valence-corrected chi connectivity index (χ2v) is 7.23. The van der Waals surface area contributed by atoms with E-state index in [-0.39, 0.29) is 17.9 Å². The van der Waals surface area contributed by atoms with E-state index in [0.29, 0.717) is 13.0 Å². The average Bonchev–Trinajstić information content (AvgIpc) is 3.25. The summed E-state index contributed by atoms with van der Waals surface area (Å²) in [4.78, 5) is 33.9. The van der Waals surface area contributed by atoms with Gasteiger partial charge in [-0.15, -0.1) is 11.3 Å². The van der Waals surface area contributed by atoms with Crippen molar-refractivity contribution < 1.29 is 9.59 Å². The van der Waals surface area contributed by atoms with Crippen LogP contribution in [0.15, 0.2) is 11.4 Å². The molecule has 1 spiro atoms. The first-order valence-electron chi connectivity index (χ1n) is 8.24. The summed E-state index contributed by atoms with van der Waals surface area (Å²) in [5, 5.41) is 11.6. The average molecular weight is 345 g/mol. The molecule has 1 aliphatic heterocycles. The van der Waals surface area contributed by atoms with E-state index in [1.807, 2.05) is 18.4 Å². The zero-order valence-electron chi connectivity index (χ0n) is 13.4. The zero-order chi connectivity index (χ0) is 16.7. The Bertz CT molecular complexity index is 820. The Balaban J connectivity index is 1.58. The number of aromatic nitrogens is 2. The highest BCUT2D eigenvalue weighted by Gasteiger charge is 2.54. The number of aryl methyl sites for hydroxylation is 1. The number of imide groups is 1. The fourth-order valence-corrected chi connectivity index (χ4v) is 4.52. The summed E-state index contributed by atoms with van der Waals surface area (Å²) in [5.41, 5.74) is -0.765. The van der Waals surface area contributed by atoms with Crippen LogP contribution in [0.5, 0.6) is 0 Å². The number of anilines is 1. The van der Waals surface area contributed by atoms with Crippen molar-refractivity contribution in [3.8, 4) is 0 Å². The van der Waals surface area contributed by atoms with Crippen LogP contribution in [0.25, 0.3) is 10.2 Å². The SMILES string of the molecule is CCc1nc(NC[C@H]2CCC[C@@]23NC(=O)NC3=O)c2ccsc2n1. The highest BCUT2D eigenvalue weighted by Crippen LogP contribution is 2.38. The molecule has 0 radical (unpaired) electrons. The molecule has 4 rings (SSSR count). The lowest BCUT2D eigenvalue weighted by atomic mass is 9.87. The summed E-state index contributed by atoms with van der Waals surface area (Å²) in [6.07, 6.45) is 3.29. The van der Waals surface area contributed by atoms with Crippen LogP contribution < -0.4 is 16.0 Å². The van der Waals surface area contributed by atoms with Crippen molar-refractivity contribution >= 4 is 39.3 Å². The molecule has 1 aliphatic carbocycles. The van der Waals surface area contributed by atoms with E-state index in [2.05, 4.69) is 25.9 Å². The smallest absolute Gasteiger partial charge is 0.322 e. The molecule has 1 saturated carbocycles. The predicted octanol–water partition coefficient (Wildman–Crippen LogP) is 2.04. The van der Waals surface area contributed by atoms with Gasteiger partial charge in [0.15, 0.2) is 0 Å². The van der Waals surface area contributed by atoms with Gasteiger partial charge in [-0.2, -0.15) is 0 Å². The number of nitrogens with zero attached hydrogens (tertiary/aromatic N) is 2. The number of carbonyl (C=O) groups is 2. The molecule has 3 heterocycles. The third-order valence-electron chi connectivity index (χ3n) is 4.99. The van der Waals surface area contributed by atoms with Gasteiger partial charge < -0.3 is 10.6 Å². The molecule has 0 unspecified atom stereocenters. The van der Waals surface area contributed by atoms with Crippen LogP contribution in [0, 0.1) is 5.92 Å². The predicted molar refractivity (Wildman–Crippen MR) is 92.0 cm³/mol. The zero-order valence-corrected chi connectivity index (χ0v) is 14.2. The van der Waals surface area contributed by atoms with Crippen LogP contribution in [-0.2, 0) is 11.2 Å². The molecule has 0 aromatic carbocycles. The number of urea groups is 1. The Morgan fingerprint density at radius 1 is 1.42 bits per heavy atom. The fourth-order valence-electron chi connectivity index (χ4n) is 3.74. The number of hydrogen-bond acceptors (Lipinski definition) is 6. The summed E-state index contributed by atoms with van der Waals surface area (Å²) < 4.78 is 0. The third-order valence-corrected chi connectivity index (χ3v) is 5.80. The fraction of sp³-hybridized carbons (Fsp3) is 0.500. The normalized spacial score (nSPS) is 26.1. The van der Waals surface area contributed by atoms with Gasteiger partial charge in [-0.05, 0) is 24.3 Å². The van der Waals surface area contributed by atoms with Gasteiger partial charge in [0, 0.05) is 18.9 Å². The van der Waals surface area contributed by atoms with Crippen molar-refractivity contribution in [2.75, 3.05) is 11.9 Å². The largest absolute Gasteiger partial charge is 0.369 e. The van der Waals surface area contributed by atoms with Crippen LogP contribution in [0.2, 0.25) is 0 Å². The molecule has 8 heteroatoms. The number of amides is 3. The maximum Gasteiger partial charge on any atom is 0.322 e. The lowest BCUT2D eigenvalue weighted by Gasteiger charge is -2.28. The molecular formula is C16H19N5O2S. The van der Waals surface area contributed by atoms with E-state index in [4.69, 9.17) is 0 Å². The van der Waals surface area contributed by atoms with E-state index in [0.717, 1.165) is 41.1 Å². The van der Waals surface area contributed by atoms with Crippen molar-refractivity contribution in [1.82, 2.24) is 20.6 Å². The molecule has 3 amide bonds. The summed E-state index contributed by atoms with van der Waals surface area (Å²) in [7, 11) is 0. The first-order valence-corrected chi connectivity index (χ1v) is 9.12. The lowest BCUT2D eigenvalue weighted by Crippen LogP contribution is -2.51. The maximum absolute atomic E-state index is 12.3. The minimum Gasteiger partial charge on any atom is -0.369 e. The van der Waals surface area contributed by atoms with Crippen molar-refractivity contribution in [3.63, 3.8) is 0 Å².